The highest BCUT2D eigenvalue weighted by molar-refractivity contribution is 7.12. The van der Waals surface area contributed by atoms with Gasteiger partial charge in [-0.15, -0.1) is 11.3 Å². The van der Waals surface area contributed by atoms with Crippen LogP contribution in [0.3, 0.4) is 0 Å². The SMILES string of the molecule is O=C(O)CCCC(=O)c1sccc1Cl. The molecule has 3 nitrogen and oxygen atoms in total. The number of thiophene rings is 1. The van der Waals surface area contributed by atoms with Gasteiger partial charge < -0.3 is 5.11 Å². The first-order valence-electron chi connectivity index (χ1n) is 4.09. The summed E-state index contributed by atoms with van der Waals surface area (Å²) in [6, 6.07) is 1.66. The zero-order valence-electron chi connectivity index (χ0n) is 7.33. The standard InChI is InChI=1S/C9H9ClO3S/c10-6-4-5-14-9(6)7(11)2-1-3-8(12)13/h4-5H,1-3H2,(H,12,13). The molecule has 1 aromatic rings. The van der Waals surface area contributed by atoms with E-state index in [4.69, 9.17) is 16.7 Å². The minimum Gasteiger partial charge on any atom is -0.481 e. The van der Waals surface area contributed by atoms with Crippen LogP contribution in [0.1, 0.15) is 28.9 Å². The lowest BCUT2D eigenvalue weighted by atomic mass is 10.1. The molecule has 1 N–H and O–H groups in total. The quantitative estimate of drug-likeness (QED) is 0.795. The molecular formula is C9H9ClO3S. The molecule has 1 rings (SSSR count). The lowest BCUT2D eigenvalue weighted by molar-refractivity contribution is -0.137. The molecule has 0 amide bonds. The Morgan fingerprint density at radius 1 is 1.43 bits per heavy atom. The average Bonchev–Trinajstić information content (AvgIpc) is 2.50. The van der Waals surface area contributed by atoms with Gasteiger partial charge in [-0.05, 0) is 17.9 Å². The molecule has 1 heterocycles. The molecule has 0 radical (unpaired) electrons. The van der Waals surface area contributed by atoms with Crippen LogP contribution >= 0.6 is 22.9 Å². The largest absolute Gasteiger partial charge is 0.481 e. The number of carboxylic acid groups (broad SMARTS) is 1. The third-order valence-corrected chi connectivity index (χ3v) is 3.05. The number of Topliss-reactive ketones (excluding diaryl/α,β-unsaturated/α-hetero) is 1. The van der Waals surface area contributed by atoms with Gasteiger partial charge >= 0.3 is 5.97 Å². The Kier molecular flexibility index (Phi) is 4.10. The summed E-state index contributed by atoms with van der Waals surface area (Å²) in [6.07, 6.45) is 0.629. The smallest absolute Gasteiger partial charge is 0.303 e. The van der Waals surface area contributed by atoms with Crippen LogP contribution in [0.5, 0.6) is 0 Å². The van der Waals surface area contributed by atoms with Crippen molar-refractivity contribution in [2.24, 2.45) is 0 Å². The lowest BCUT2D eigenvalue weighted by Crippen LogP contribution is -2.00. The Bertz CT molecular complexity index is 346. The van der Waals surface area contributed by atoms with Crippen LogP contribution in [0, 0.1) is 0 Å². The van der Waals surface area contributed by atoms with E-state index in [1.54, 1.807) is 11.4 Å². The third kappa shape index (κ3) is 3.12. The van der Waals surface area contributed by atoms with Crippen LogP contribution in [0.15, 0.2) is 11.4 Å². The fourth-order valence-electron chi connectivity index (χ4n) is 1.01. The number of rotatable bonds is 5. The van der Waals surface area contributed by atoms with Crippen molar-refractivity contribution in [3.8, 4) is 0 Å². The van der Waals surface area contributed by atoms with Crippen molar-refractivity contribution in [3.63, 3.8) is 0 Å². The van der Waals surface area contributed by atoms with Gasteiger partial charge in [0.2, 0.25) is 0 Å². The van der Waals surface area contributed by atoms with E-state index in [1.165, 1.54) is 11.3 Å². The topological polar surface area (TPSA) is 54.4 Å². The normalized spacial score (nSPS) is 10.1. The van der Waals surface area contributed by atoms with Gasteiger partial charge in [0.15, 0.2) is 5.78 Å². The van der Waals surface area contributed by atoms with Crippen molar-refractivity contribution in [1.82, 2.24) is 0 Å². The Labute approximate surface area is 90.3 Å². The highest BCUT2D eigenvalue weighted by Crippen LogP contribution is 2.23. The number of ketones is 1. The fourth-order valence-corrected chi connectivity index (χ4v) is 2.14. The molecule has 5 heteroatoms. The van der Waals surface area contributed by atoms with E-state index in [1.807, 2.05) is 0 Å². The van der Waals surface area contributed by atoms with Crippen LogP contribution in [-0.2, 0) is 4.79 Å². The highest BCUT2D eigenvalue weighted by atomic mass is 35.5. The molecule has 0 bridgehead atoms. The number of carbonyl (C=O) groups excluding carboxylic acids is 1. The first-order valence-corrected chi connectivity index (χ1v) is 5.35. The first kappa shape index (κ1) is 11.2. The van der Waals surface area contributed by atoms with E-state index in [0.29, 0.717) is 16.3 Å². The number of halogens is 1. The molecule has 0 aliphatic rings. The Morgan fingerprint density at radius 2 is 2.14 bits per heavy atom. The van der Waals surface area contributed by atoms with Gasteiger partial charge in [0.05, 0.1) is 9.90 Å². The summed E-state index contributed by atoms with van der Waals surface area (Å²) >= 11 is 7.04. The molecule has 1 aromatic heterocycles. The molecule has 76 valence electrons. The second kappa shape index (κ2) is 5.12. The fraction of sp³-hybridized carbons (Fsp3) is 0.333. The zero-order chi connectivity index (χ0) is 10.6. The van der Waals surface area contributed by atoms with Gasteiger partial charge in [-0.1, -0.05) is 11.6 Å². The molecular weight excluding hydrogens is 224 g/mol. The summed E-state index contributed by atoms with van der Waals surface area (Å²) in [6.45, 7) is 0. The molecule has 0 unspecified atom stereocenters. The maximum absolute atomic E-state index is 11.4. The highest BCUT2D eigenvalue weighted by Gasteiger charge is 2.11. The second-order valence-electron chi connectivity index (χ2n) is 2.77. The number of hydrogen-bond donors (Lipinski definition) is 1. The Hall–Kier alpha value is -0.870. The number of carbonyl (C=O) groups is 2. The van der Waals surface area contributed by atoms with Crippen molar-refractivity contribution in [2.45, 2.75) is 19.3 Å². The van der Waals surface area contributed by atoms with Gasteiger partial charge in [0, 0.05) is 12.8 Å². The van der Waals surface area contributed by atoms with Gasteiger partial charge in [-0.2, -0.15) is 0 Å². The van der Waals surface area contributed by atoms with Crippen molar-refractivity contribution in [1.29, 1.82) is 0 Å². The van der Waals surface area contributed by atoms with Gasteiger partial charge in [0.1, 0.15) is 0 Å². The lowest BCUT2D eigenvalue weighted by Gasteiger charge is -1.96. The van der Waals surface area contributed by atoms with E-state index in [2.05, 4.69) is 0 Å². The summed E-state index contributed by atoms with van der Waals surface area (Å²) in [7, 11) is 0. The molecule has 0 saturated carbocycles. The monoisotopic (exact) mass is 232 g/mol. The van der Waals surface area contributed by atoms with Crippen LogP contribution in [0.2, 0.25) is 5.02 Å². The molecule has 0 saturated heterocycles. The van der Waals surface area contributed by atoms with E-state index in [-0.39, 0.29) is 18.6 Å². The summed E-state index contributed by atoms with van der Waals surface area (Å²) < 4.78 is 0. The number of aliphatic carboxylic acids is 1. The maximum Gasteiger partial charge on any atom is 0.303 e. The van der Waals surface area contributed by atoms with Crippen molar-refractivity contribution in [2.75, 3.05) is 0 Å². The van der Waals surface area contributed by atoms with Crippen molar-refractivity contribution in [3.05, 3.63) is 21.3 Å². The Morgan fingerprint density at radius 3 is 2.64 bits per heavy atom. The average molecular weight is 233 g/mol. The van der Waals surface area contributed by atoms with Crippen LogP contribution in [0.25, 0.3) is 0 Å². The minimum atomic E-state index is -0.880. The molecule has 0 aliphatic carbocycles. The Balaban J connectivity index is 2.44. The predicted molar refractivity (Wildman–Crippen MR) is 55.1 cm³/mol. The van der Waals surface area contributed by atoms with Gasteiger partial charge in [0.25, 0.3) is 0 Å². The summed E-state index contributed by atoms with van der Waals surface area (Å²) in [5.41, 5.74) is 0. The van der Waals surface area contributed by atoms with Crippen LogP contribution in [-0.4, -0.2) is 16.9 Å². The first-order chi connectivity index (χ1) is 6.61. The molecule has 0 spiro atoms. The molecule has 0 aliphatic heterocycles. The number of carboxylic acids is 1. The van der Waals surface area contributed by atoms with Crippen LogP contribution in [0.4, 0.5) is 0 Å². The van der Waals surface area contributed by atoms with Crippen molar-refractivity contribution < 1.29 is 14.7 Å². The van der Waals surface area contributed by atoms with Gasteiger partial charge in [-0.3, -0.25) is 9.59 Å². The zero-order valence-corrected chi connectivity index (χ0v) is 8.90. The summed E-state index contributed by atoms with van der Waals surface area (Å²) in [4.78, 5) is 22.2. The third-order valence-electron chi connectivity index (χ3n) is 1.66. The second-order valence-corrected chi connectivity index (χ2v) is 4.09. The van der Waals surface area contributed by atoms with Gasteiger partial charge in [-0.25, -0.2) is 0 Å². The van der Waals surface area contributed by atoms with E-state index >= 15 is 0 Å². The molecule has 0 aromatic carbocycles. The molecule has 0 fully saturated rings. The van der Waals surface area contributed by atoms with Crippen molar-refractivity contribution >= 4 is 34.7 Å². The summed E-state index contributed by atoms with van der Waals surface area (Å²) in [5.74, 6) is -0.957. The number of hydrogen-bond acceptors (Lipinski definition) is 3. The molecule has 0 atom stereocenters. The predicted octanol–water partition coefficient (Wildman–Crippen LogP) is 2.84. The minimum absolute atomic E-state index is 0.0226. The molecule has 14 heavy (non-hydrogen) atoms. The maximum atomic E-state index is 11.4. The summed E-state index contributed by atoms with van der Waals surface area (Å²) in [5, 5.41) is 10.6. The van der Waals surface area contributed by atoms with Crippen LogP contribution < -0.4 is 0 Å². The van der Waals surface area contributed by atoms with E-state index in [0.717, 1.165) is 0 Å². The van der Waals surface area contributed by atoms with E-state index in [9.17, 15) is 9.59 Å². The van der Waals surface area contributed by atoms with E-state index < -0.39 is 5.97 Å².